The highest BCUT2D eigenvalue weighted by atomic mass is 35.5. The normalized spacial score (nSPS) is 19.2. The van der Waals surface area contributed by atoms with Crippen LogP contribution in [-0.2, 0) is 4.79 Å². The maximum absolute atomic E-state index is 11.8. The molecule has 1 heterocycles. The van der Waals surface area contributed by atoms with Crippen LogP contribution in [0.3, 0.4) is 0 Å². The number of halogens is 1. The SMILES string of the molecule is CN1CCC[C@@H]1CNC(=O)CCSc1ccc(Cl)cc1. The van der Waals surface area contributed by atoms with Crippen molar-refractivity contribution in [2.75, 3.05) is 25.9 Å². The number of rotatable bonds is 6. The zero-order chi connectivity index (χ0) is 14.4. The van der Waals surface area contributed by atoms with Gasteiger partial charge in [0, 0.05) is 34.7 Å². The Balaban J connectivity index is 1.61. The quantitative estimate of drug-likeness (QED) is 0.820. The number of likely N-dealkylation sites (tertiary alicyclic amines) is 1. The zero-order valence-corrected chi connectivity index (χ0v) is 13.3. The predicted octanol–water partition coefficient (Wildman–Crippen LogP) is 3.03. The first-order valence-corrected chi connectivity index (χ1v) is 8.37. The third kappa shape index (κ3) is 5.00. The molecule has 20 heavy (non-hydrogen) atoms. The Morgan fingerprint density at radius 2 is 2.20 bits per heavy atom. The minimum absolute atomic E-state index is 0.145. The second-order valence-electron chi connectivity index (χ2n) is 5.13. The Bertz CT molecular complexity index is 438. The zero-order valence-electron chi connectivity index (χ0n) is 11.8. The van der Waals surface area contributed by atoms with Crippen LogP contribution in [-0.4, -0.2) is 42.7 Å². The Morgan fingerprint density at radius 3 is 2.85 bits per heavy atom. The average Bonchev–Trinajstić information content (AvgIpc) is 2.84. The first-order chi connectivity index (χ1) is 9.65. The average molecular weight is 313 g/mol. The summed E-state index contributed by atoms with van der Waals surface area (Å²) in [4.78, 5) is 15.3. The molecule has 2 rings (SSSR count). The van der Waals surface area contributed by atoms with Gasteiger partial charge in [0.1, 0.15) is 0 Å². The van der Waals surface area contributed by atoms with Crippen LogP contribution in [0.1, 0.15) is 19.3 Å². The van der Waals surface area contributed by atoms with Gasteiger partial charge in [-0.3, -0.25) is 4.79 Å². The van der Waals surface area contributed by atoms with Crippen molar-refractivity contribution in [3.63, 3.8) is 0 Å². The molecule has 1 fully saturated rings. The van der Waals surface area contributed by atoms with Crippen molar-refractivity contribution in [3.05, 3.63) is 29.3 Å². The number of nitrogens with one attached hydrogen (secondary N) is 1. The molecule has 1 aromatic carbocycles. The summed E-state index contributed by atoms with van der Waals surface area (Å²) >= 11 is 7.52. The van der Waals surface area contributed by atoms with E-state index < -0.39 is 0 Å². The fourth-order valence-corrected chi connectivity index (χ4v) is 3.33. The lowest BCUT2D eigenvalue weighted by Crippen LogP contribution is -2.38. The van der Waals surface area contributed by atoms with Gasteiger partial charge in [0.15, 0.2) is 0 Å². The minimum Gasteiger partial charge on any atom is -0.355 e. The molecule has 0 bridgehead atoms. The van der Waals surface area contributed by atoms with E-state index in [4.69, 9.17) is 11.6 Å². The Labute approximate surface area is 130 Å². The van der Waals surface area contributed by atoms with E-state index in [-0.39, 0.29) is 5.91 Å². The molecule has 1 saturated heterocycles. The number of nitrogens with zero attached hydrogens (tertiary/aromatic N) is 1. The molecule has 1 aliphatic rings. The monoisotopic (exact) mass is 312 g/mol. The van der Waals surface area contributed by atoms with Crippen LogP contribution in [0.15, 0.2) is 29.2 Å². The summed E-state index contributed by atoms with van der Waals surface area (Å²) in [5.41, 5.74) is 0. The summed E-state index contributed by atoms with van der Waals surface area (Å²) in [6.07, 6.45) is 2.99. The topological polar surface area (TPSA) is 32.3 Å². The molecule has 0 spiro atoms. The number of benzene rings is 1. The summed E-state index contributed by atoms with van der Waals surface area (Å²) in [6.45, 7) is 1.92. The first kappa shape index (κ1) is 15.7. The van der Waals surface area contributed by atoms with Gasteiger partial charge in [-0.15, -0.1) is 11.8 Å². The molecule has 0 aliphatic carbocycles. The minimum atomic E-state index is 0.145. The van der Waals surface area contributed by atoms with Gasteiger partial charge in [0.2, 0.25) is 5.91 Å². The molecule has 0 aromatic heterocycles. The first-order valence-electron chi connectivity index (χ1n) is 7.00. The van der Waals surface area contributed by atoms with Gasteiger partial charge in [-0.05, 0) is 50.7 Å². The molecule has 0 radical (unpaired) electrons. The highest BCUT2D eigenvalue weighted by molar-refractivity contribution is 7.99. The van der Waals surface area contributed by atoms with Gasteiger partial charge in [-0.2, -0.15) is 0 Å². The molecular weight excluding hydrogens is 292 g/mol. The van der Waals surface area contributed by atoms with Crippen molar-refractivity contribution in [1.82, 2.24) is 10.2 Å². The Hall–Kier alpha value is -0.710. The van der Waals surface area contributed by atoms with E-state index in [1.165, 1.54) is 12.8 Å². The second-order valence-corrected chi connectivity index (χ2v) is 6.74. The predicted molar refractivity (Wildman–Crippen MR) is 85.5 cm³/mol. The maximum Gasteiger partial charge on any atom is 0.220 e. The van der Waals surface area contributed by atoms with Crippen molar-refractivity contribution < 1.29 is 4.79 Å². The van der Waals surface area contributed by atoms with Gasteiger partial charge < -0.3 is 10.2 Å². The largest absolute Gasteiger partial charge is 0.355 e. The van der Waals surface area contributed by atoms with Crippen LogP contribution in [0, 0.1) is 0 Å². The highest BCUT2D eigenvalue weighted by Gasteiger charge is 2.20. The molecule has 1 atom stereocenters. The molecule has 3 nitrogen and oxygen atoms in total. The van der Waals surface area contributed by atoms with Crippen LogP contribution < -0.4 is 5.32 Å². The van der Waals surface area contributed by atoms with E-state index in [9.17, 15) is 4.79 Å². The second kappa shape index (κ2) is 7.91. The number of carbonyl (C=O) groups is 1. The van der Waals surface area contributed by atoms with E-state index in [0.29, 0.717) is 12.5 Å². The maximum atomic E-state index is 11.8. The standard InChI is InChI=1S/C15H21ClN2OS/c1-18-9-2-3-13(18)11-17-15(19)8-10-20-14-6-4-12(16)5-7-14/h4-7,13H,2-3,8-11H2,1H3,(H,17,19)/t13-/m1/s1. The fourth-order valence-electron chi connectivity index (χ4n) is 2.35. The van der Waals surface area contributed by atoms with Crippen LogP contribution in [0.5, 0.6) is 0 Å². The summed E-state index contributed by atoms with van der Waals surface area (Å²) < 4.78 is 0. The van der Waals surface area contributed by atoms with E-state index in [2.05, 4.69) is 17.3 Å². The lowest BCUT2D eigenvalue weighted by molar-refractivity contribution is -0.120. The molecular formula is C15H21ClN2OS. The lowest BCUT2D eigenvalue weighted by Gasteiger charge is -2.19. The third-order valence-electron chi connectivity index (χ3n) is 3.62. The van der Waals surface area contributed by atoms with Crippen LogP contribution in [0.4, 0.5) is 0 Å². The van der Waals surface area contributed by atoms with Gasteiger partial charge in [-0.1, -0.05) is 11.6 Å². The van der Waals surface area contributed by atoms with Crippen molar-refractivity contribution in [1.29, 1.82) is 0 Å². The lowest BCUT2D eigenvalue weighted by atomic mass is 10.2. The van der Waals surface area contributed by atoms with Crippen molar-refractivity contribution >= 4 is 29.3 Å². The number of carbonyl (C=O) groups excluding carboxylic acids is 1. The van der Waals surface area contributed by atoms with Crippen LogP contribution in [0.2, 0.25) is 5.02 Å². The van der Waals surface area contributed by atoms with Gasteiger partial charge >= 0.3 is 0 Å². The number of amides is 1. The molecule has 110 valence electrons. The highest BCUT2D eigenvalue weighted by Crippen LogP contribution is 2.20. The fraction of sp³-hybridized carbons (Fsp3) is 0.533. The van der Waals surface area contributed by atoms with E-state index >= 15 is 0 Å². The van der Waals surface area contributed by atoms with E-state index in [1.807, 2.05) is 24.3 Å². The van der Waals surface area contributed by atoms with Crippen molar-refractivity contribution in [3.8, 4) is 0 Å². The molecule has 1 amide bonds. The van der Waals surface area contributed by atoms with Gasteiger partial charge in [-0.25, -0.2) is 0 Å². The molecule has 0 saturated carbocycles. The summed E-state index contributed by atoms with van der Waals surface area (Å²) in [5.74, 6) is 0.945. The summed E-state index contributed by atoms with van der Waals surface area (Å²) in [6, 6.07) is 8.24. The molecule has 0 unspecified atom stereocenters. The Kier molecular flexibility index (Phi) is 6.20. The van der Waals surface area contributed by atoms with Crippen molar-refractivity contribution in [2.24, 2.45) is 0 Å². The number of likely N-dealkylation sites (N-methyl/N-ethyl adjacent to an activating group) is 1. The molecule has 1 aromatic rings. The van der Waals surface area contributed by atoms with E-state index in [0.717, 1.165) is 28.8 Å². The summed E-state index contributed by atoms with van der Waals surface area (Å²) in [7, 11) is 2.13. The van der Waals surface area contributed by atoms with Crippen molar-refractivity contribution in [2.45, 2.75) is 30.2 Å². The number of hydrogen-bond acceptors (Lipinski definition) is 3. The Morgan fingerprint density at radius 1 is 1.45 bits per heavy atom. The van der Waals surface area contributed by atoms with Gasteiger partial charge in [0.05, 0.1) is 0 Å². The molecule has 1 N–H and O–H groups in total. The number of thioether (sulfide) groups is 1. The molecule has 5 heteroatoms. The van der Waals surface area contributed by atoms with Crippen LogP contribution in [0.25, 0.3) is 0 Å². The van der Waals surface area contributed by atoms with Gasteiger partial charge in [0.25, 0.3) is 0 Å². The van der Waals surface area contributed by atoms with E-state index in [1.54, 1.807) is 11.8 Å². The molecule has 1 aliphatic heterocycles. The third-order valence-corrected chi connectivity index (χ3v) is 4.88. The smallest absolute Gasteiger partial charge is 0.220 e. The summed E-state index contributed by atoms with van der Waals surface area (Å²) in [5, 5.41) is 3.78. The van der Waals surface area contributed by atoms with Crippen LogP contribution >= 0.6 is 23.4 Å². The number of hydrogen-bond donors (Lipinski definition) is 1.